The van der Waals surface area contributed by atoms with E-state index in [4.69, 9.17) is 29.8 Å². The Kier molecular flexibility index (Phi) is 9.83. The van der Waals surface area contributed by atoms with Crippen molar-refractivity contribution in [2.45, 2.75) is 38.9 Å². The van der Waals surface area contributed by atoms with E-state index in [-0.39, 0.29) is 23.7 Å². The van der Waals surface area contributed by atoms with E-state index >= 15 is 0 Å². The van der Waals surface area contributed by atoms with Crippen molar-refractivity contribution in [1.82, 2.24) is 14.7 Å². The van der Waals surface area contributed by atoms with Crippen molar-refractivity contribution >= 4 is 34.9 Å². The summed E-state index contributed by atoms with van der Waals surface area (Å²) in [5, 5.41) is 17.9. The van der Waals surface area contributed by atoms with Gasteiger partial charge in [-0.2, -0.15) is 13.2 Å². The lowest BCUT2D eigenvalue weighted by molar-refractivity contribution is -0.714. The number of aliphatic carboxylic acids is 1. The fourth-order valence-corrected chi connectivity index (χ4v) is 4.88. The summed E-state index contributed by atoms with van der Waals surface area (Å²) < 4.78 is 51.6. The first-order valence-electron chi connectivity index (χ1n) is 14.0. The van der Waals surface area contributed by atoms with E-state index in [9.17, 15) is 18.0 Å². The van der Waals surface area contributed by atoms with Crippen LogP contribution in [0.5, 0.6) is 5.75 Å². The third-order valence-electron chi connectivity index (χ3n) is 7.12. The molecule has 2 saturated heterocycles. The quantitative estimate of drug-likeness (QED) is 0.306. The van der Waals surface area contributed by atoms with Gasteiger partial charge in [0.25, 0.3) is 0 Å². The second-order valence-electron chi connectivity index (χ2n) is 11.2. The average molecular weight is 624 g/mol. The summed E-state index contributed by atoms with van der Waals surface area (Å²) in [6.07, 6.45) is -5.19. The van der Waals surface area contributed by atoms with Crippen LogP contribution in [-0.2, 0) is 26.2 Å². The van der Waals surface area contributed by atoms with Crippen LogP contribution in [0.1, 0.15) is 36.7 Å². The number of methoxy groups -OCH3 is 1. The summed E-state index contributed by atoms with van der Waals surface area (Å²) in [5.41, 5.74) is 9.15. The second kappa shape index (κ2) is 13.2. The number of nitrogens with zero attached hydrogens (tertiary/aromatic N) is 6. The van der Waals surface area contributed by atoms with Crippen LogP contribution >= 0.6 is 0 Å². The summed E-state index contributed by atoms with van der Waals surface area (Å²) in [5.74, 6) is -1.23. The number of nitrogen functional groups attached to an aromatic ring is 1. The number of benzene rings is 1. The number of alkyl halides is 3. The molecule has 0 saturated carbocycles. The van der Waals surface area contributed by atoms with Gasteiger partial charge in [0.15, 0.2) is 12.4 Å². The molecule has 0 atom stereocenters. The van der Waals surface area contributed by atoms with E-state index in [1.54, 1.807) is 16.3 Å². The minimum Gasteiger partial charge on any atom is -0.542 e. The van der Waals surface area contributed by atoms with Crippen LogP contribution < -0.4 is 30.1 Å². The van der Waals surface area contributed by atoms with Gasteiger partial charge in [0.05, 0.1) is 39.2 Å². The van der Waals surface area contributed by atoms with Crippen LogP contribution in [0.2, 0.25) is 0 Å². The first-order chi connectivity index (χ1) is 20.7. The molecule has 4 heterocycles. The molecule has 44 heavy (non-hydrogen) atoms. The molecule has 3 aromatic rings. The number of carbonyl (C=O) groups is 2. The molecule has 2 aromatic heterocycles. The Hall–Kier alpha value is -4.18. The molecule has 240 valence electrons. The summed E-state index contributed by atoms with van der Waals surface area (Å²) >= 11 is 0. The van der Waals surface area contributed by atoms with Crippen LogP contribution in [0.3, 0.4) is 0 Å². The SMILES string of the molecule is COc1c(N2CCOCC2)cc(C(=O)C[n+]2nc(N)n3nc(N4CCOCC4)ccc32)cc1C(C)(C)C.O=C([O-])C(F)(F)F. The number of fused-ring (bicyclic) bond motifs is 1. The number of morpholine rings is 2. The zero-order chi connectivity index (χ0) is 32.2. The molecule has 1 aromatic carbocycles. The summed E-state index contributed by atoms with van der Waals surface area (Å²) in [6.45, 7) is 12.0. The molecule has 16 heteroatoms. The second-order valence-corrected chi connectivity index (χ2v) is 11.2. The molecule has 2 N–H and O–H groups in total. The van der Waals surface area contributed by atoms with Crippen molar-refractivity contribution in [2.75, 3.05) is 75.2 Å². The molecular weight excluding hydrogens is 587 g/mol. The lowest BCUT2D eigenvalue weighted by atomic mass is 9.84. The van der Waals surface area contributed by atoms with Gasteiger partial charge in [0.1, 0.15) is 11.7 Å². The van der Waals surface area contributed by atoms with Crippen LogP contribution in [-0.4, -0.2) is 92.4 Å². The fourth-order valence-electron chi connectivity index (χ4n) is 4.88. The van der Waals surface area contributed by atoms with Crippen LogP contribution in [0.15, 0.2) is 24.3 Å². The molecular formula is C28H36F3N7O6. The van der Waals surface area contributed by atoms with Crippen molar-refractivity contribution in [3.63, 3.8) is 0 Å². The Morgan fingerprint density at radius 1 is 1.02 bits per heavy atom. The smallest absolute Gasteiger partial charge is 0.430 e. The van der Waals surface area contributed by atoms with Gasteiger partial charge in [-0.15, -0.1) is 4.68 Å². The Labute approximate surface area is 251 Å². The Morgan fingerprint density at radius 2 is 1.59 bits per heavy atom. The maximum Gasteiger partial charge on any atom is 0.430 e. The summed E-state index contributed by atoms with van der Waals surface area (Å²) in [7, 11) is 1.68. The Balaban J connectivity index is 0.000000566. The molecule has 0 radical (unpaired) electrons. The van der Waals surface area contributed by atoms with Gasteiger partial charge >= 0.3 is 17.8 Å². The lowest BCUT2D eigenvalue weighted by Gasteiger charge is -2.33. The van der Waals surface area contributed by atoms with Crippen LogP contribution in [0.25, 0.3) is 5.65 Å². The van der Waals surface area contributed by atoms with Crippen molar-refractivity contribution < 1.29 is 46.8 Å². The minimum atomic E-state index is -5.19. The third-order valence-corrected chi connectivity index (χ3v) is 7.12. The minimum absolute atomic E-state index is 0.0394. The highest BCUT2D eigenvalue weighted by Crippen LogP contribution is 2.40. The summed E-state index contributed by atoms with van der Waals surface area (Å²) in [6, 6.07) is 7.72. The number of halogens is 3. The number of rotatable bonds is 6. The average Bonchev–Trinajstić information content (AvgIpc) is 3.30. The standard InChI is InChI=1S/C26H36N7O4.C2HF3O2/c1-26(2,3)19-15-18(16-20(24(19)35-4)30-7-11-36-12-8-30)21(34)17-32-23-6-5-22(28-33(23)25(27)29-32)31-9-13-37-14-10-31;3-2(4,5)1(6)7/h5-6,15-16H,7-14,17H2,1-4H3,(H2,27,29);(H,6,7)/q+1;/p-1. The number of ether oxygens (including phenoxy) is 3. The molecule has 2 aliphatic heterocycles. The van der Waals surface area contributed by atoms with Gasteiger partial charge < -0.3 is 39.6 Å². The highest BCUT2D eigenvalue weighted by molar-refractivity contribution is 5.97. The van der Waals surface area contributed by atoms with Gasteiger partial charge in [-0.05, 0) is 28.7 Å². The third kappa shape index (κ3) is 7.48. The molecule has 2 fully saturated rings. The van der Waals surface area contributed by atoms with E-state index in [0.29, 0.717) is 37.6 Å². The molecule has 0 aliphatic carbocycles. The molecule has 2 aliphatic rings. The number of nitrogens with two attached hydrogens (primary N) is 1. The maximum atomic E-state index is 13.7. The molecule has 0 spiro atoms. The highest BCUT2D eigenvalue weighted by Gasteiger charge is 2.30. The van der Waals surface area contributed by atoms with Crippen molar-refractivity contribution in [2.24, 2.45) is 0 Å². The Bertz CT molecular complexity index is 1490. The number of carbonyl (C=O) groups excluding carboxylic acids is 2. The summed E-state index contributed by atoms with van der Waals surface area (Å²) in [4.78, 5) is 26.8. The number of anilines is 3. The monoisotopic (exact) mass is 623 g/mol. The number of ketones is 1. The number of hydrogen-bond donors (Lipinski definition) is 1. The number of aromatic nitrogens is 4. The van der Waals surface area contributed by atoms with Gasteiger partial charge in [-0.3, -0.25) is 4.79 Å². The predicted molar refractivity (Wildman–Crippen MR) is 151 cm³/mol. The van der Waals surface area contributed by atoms with E-state index in [2.05, 4.69) is 40.8 Å². The highest BCUT2D eigenvalue weighted by atomic mass is 19.4. The number of carboxylic acid groups (broad SMARTS) is 1. The Morgan fingerprint density at radius 3 is 2.11 bits per heavy atom. The zero-order valence-corrected chi connectivity index (χ0v) is 25.0. The van der Waals surface area contributed by atoms with E-state index in [0.717, 1.165) is 49.0 Å². The van der Waals surface area contributed by atoms with Gasteiger partial charge in [-0.1, -0.05) is 30.4 Å². The lowest BCUT2D eigenvalue weighted by Crippen LogP contribution is -2.41. The molecule has 0 amide bonds. The zero-order valence-electron chi connectivity index (χ0n) is 25.0. The van der Waals surface area contributed by atoms with E-state index in [1.165, 1.54) is 0 Å². The van der Waals surface area contributed by atoms with Crippen molar-refractivity contribution in [1.29, 1.82) is 0 Å². The molecule has 13 nitrogen and oxygen atoms in total. The van der Waals surface area contributed by atoms with Crippen molar-refractivity contribution in [3.05, 3.63) is 35.4 Å². The van der Waals surface area contributed by atoms with Crippen LogP contribution in [0.4, 0.5) is 30.6 Å². The first-order valence-corrected chi connectivity index (χ1v) is 14.0. The van der Waals surface area contributed by atoms with Gasteiger partial charge in [0.2, 0.25) is 5.78 Å². The number of hydrogen-bond acceptors (Lipinski definition) is 11. The number of carboxylic acids is 1. The van der Waals surface area contributed by atoms with Crippen molar-refractivity contribution in [3.8, 4) is 5.75 Å². The predicted octanol–water partition coefficient (Wildman–Crippen LogP) is 0.760. The topological polar surface area (TPSA) is 151 Å². The fraction of sp³-hybridized carbons (Fsp3) is 0.536. The van der Waals surface area contributed by atoms with Crippen LogP contribution in [0, 0.1) is 0 Å². The van der Waals surface area contributed by atoms with Gasteiger partial charge in [-0.25, -0.2) is 0 Å². The molecule has 5 rings (SSSR count). The molecule has 0 bridgehead atoms. The number of Topliss-reactive ketones (excluding diaryl/α,β-unsaturated/α-hetero) is 1. The normalized spacial score (nSPS) is 16.0. The van der Waals surface area contributed by atoms with E-state index < -0.39 is 12.1 Å². The van der Waals surface area contributed by atoms with E-state index in [1.807, 2.05) is 24.3 Å². The first kappa shape index (κ1) is 32.7. The van der Waals surface area contributed by atoms with Gasteiger partial charge in [0, 0.05) is 43.4 Å². The largest absolute Gasteiger partial charge is 0.542 e. The molecule has 0 unspecified atom stereocenters. The maximum absolute atomic E-state index is 13.7.